The summed E-state index contributed by atoms with van der Waals surface area (Å²) in [6.07, 6.45) is 4.09. The minimum absolute atomic E-state index is 0.0464. The van der Waals surface area contributed by atoms with E-state index < -0.39 is 12.5 Å². The van der Waals surface area contributed by atoms with Crippen molar-refractivity contribution >= 4 is 5.91 Å². The normalized spacial score (nSPS) is 10.5. The van der Waals surface area contributed by atoms with Gasteiger partial charge in [0.2, 0.25) is 0 Å². The second kappa shape index (κ2) is 9.15. The Balaban J connectivity index is 2.73. The van der Waals surface area contributed by atoms with E-state index in [-0.39, 0.29) is 17.1 Å². The number of para-hydroxylation sites is 1. The topological polar surface area (TPSA) is 47.6 Å². The third kappa shape index (κ3) is 5.57. The molecule has 1 rings (SSSR count). The van der Waals surface area contributed by atoms with Gasteiger partial charge >= 0.3 is 6.61 Å². The lowest BCUT2D eigenvalue weighted by Gasteiger charge is -2.14. The van der Waals surface area contributed by atoms with Crippen molar-refractivity contribution in [3.63, 3.8) is 0 Å². The standard InChI is InChI=1S/C15H21F2NO3/c1-3-4-5-6-10-18-14(19)11-8-7-9-12(20-2)13(11)21-15(16)17/h7-9,15H,3-6,10H2,1-2H3,(H,18,19). The Labute approximate surface area is 123 Å². The first-order valence-corrected chi connectivity index (χ1v) is 7.00. The minimum Gasteiger partial charge on any atom is -0.493 e. The number of ether oxygens (including phenoxy) is 2. The van der Waals surface area contributed by atoms with Gasteiger partial charge in [-0.15, -0.1) is 0 Å². The van der Waals surface area contributed by atoms with Crippen molar-refractivity contribution < 1.29 is 23.0 Å². The van der Waals surface area contributed by atoms with Crippen LogP contribution in [0.4, 0.5) is 8.78 Å². The van der Waals surface area contributed by atoms with E-state index in [9.17, 15) is 13.6 Å². The average Bonchev–Trinajstić information content (AvgIpc) is 2.46. The number of carbonyl (C=O) groups is 1. The Morgan fingerprint density at radius 3 is 2.67 bits per heavy atom. The highest BCUT2D eigenvalue weighted by Gasteiger charge is 2.19. The highest BCUT2D eigenvalue weighted by atomic mass is 19.3. The molecule has 0 spiro atoms. The van der Waals surface area contributed by atoms with Crippen LogP contribution >= 0.6 is 0 Å². The fraction of sp³-hybridized carbons (Fsp3) is 0.533. The molecule has 0 radical (unpaired) electrons. The molecule has 118 valence electrons. The summed E-state index contributed by atoms with van der Waals surface area (Å²) in [5.41, 5.74) is 0.0464. The summed E-state index contributed by atoms with van der Waals surface area (Å²) in [7, 11) is 1.33. The first-order chi connectivity index (χ1) is 10.1. The van der Waals surface area contributed by atoms with Crippen molar-refractivity contribution in [1.82, 2.24) is 5.32 Å². The van der Waals surface area contributed by atoms with Crippen LogP contribution in [-0.2, 0) is 0 Å². The molecule has 0 atom stereocenters. The SMILES string of the molecule is CCCCCCNC(=O)c1cccc(OC)c1OC(F)F. The zero-order valence-corrected chi connectivity index (χ0v) is 12.3. The fourth-order valence-electron chi connectivity index (χ4n) is 1.91. The molecular formula is C15H21F2NO3. The maximum absolute atomic E-state index is 12.5. The molecule has 0 saturated carbocycles. The third-order valence-corrected chi connectivity index (χ3v) is 2.97. The first kappa shape index (κ1) is 17.2. The molecule has 1 aromatic carbocycles. The number of rotatable bonds is 9. The molecule has 21 heavy (non-hydrogen) atoms. The second-order valence-corrected chi connectivity index (χ2v) is 4.53. The van der Waals surface area contributed by atoms with Gasteiger partial charge in [-0.05, 0) is 18.6 Å². The van der Waals surface area contributed by atoms with Crippen molar-refractivity contribution in [2.75, 3.05) is 13.7 Å². The maximum Gasteiger partial charge on any atom is 0.387 e. The predicted molar refractivity (Wildman–Crippen MR) is 76.1 cm³/mol. The lowest BCUT2D eigenvalue weighted by molar-refractivity contribution is -0.0515. The molecule has 0 fully saturated rings. The molecule has 1 amide bonds. The van der Waals surface area contributed by atoms with Gasteiger partial charge in [0.05, 0.1) is 12.7 Å². The van der Waals surface area contributed by atoms with Crippen molar-refractivity contribution in [2.45, 2.75) is 39.2 Å². The molecule has 0 aromatic heterocycles. The Morgan fingerprint density at radius 1 is 1.29 bits per heavy atom. The van der Waals surface area contributed by atoms with Crippen molar-refractivity contribution in [2.24, 2.45) is 0 Å². The Hall–Kier alpha value is -1.85. The number of amides is 1. The van der Waals surface area contributed by atoms with Gasteiger partial charge in [0, 0.05) is 6.54 Å². The quantitative estimate of drug-likeness (QED) is 0.709. The summed E-state index contributed by atoms with van der Waals surface area (Å²) >= 11 is 0. The van der Waals surface area contributed by atoms with Crippen LogP contribution in [0.2, 0.25) is 0 Å². The smallest absolute Gasteiger partial charge is 0.387 e. The van der Waals surface area contributed by atoms with Crippen molar-refractivity contribution in [3.05, 3.63) is 23.8 Å². The number of carbonyl (C=O) groups excluding carboxylic acids is 1. The van der Waals surface area contributed by atoms with E-state index in [1.165, 1.54) is 19.2 Å². The molecule has 4 nitrogen and oxygen atoms in total. The molecule has 0 bridgehead atoms. The predicted octanol–water partition coefficient (Wildman–Crippen LogP) is 3.61. The van der Waals surface area contributed by atoms with Crippen molar-refractivity contribution in [3.8, 4) is 11.5 Å². The molecule has 6 heteroatoms. The van der Waals surface area contributed by atoms with Crippen molar-refractivity contribution in [1.29, 1.82) is 0 Å². The zero-order valence-electron chi connectivity index (χ0n) is 12.3. The summed E-state index contributed by atoms with van der Waals surface area (Å²) in [6.45, 7) is -0.412. The average molecular weight is 301 g/mol. The van der Waals surface area contributed by atoms with E-state index in [1.807, 2.05) is 0 Å². The largest absolute Gasteiger partial charge is 0.493 e. The Morgan fingerprint density at radius 2 is 2.05 bits per heavy atom. The fourth-order valence-corrected chi connectivity index (χ4v) is 1.91. The number of unbranched alkanes of at least 4 members (excludes halogenated alkanes) is 3. The van der Waals surface area contributed by atoms with Gasteiger partial charge in [-0.3, -0.25) is 4.79 Å². The molecule has 0 unspecified atom stereocenters. The van der Waals surface area contributed by atoms with Gasteiger partial charge in [-0.25, -0.2) is 0 Å². The highest BCUT2D eigenvalue weighted by Crippen LogP contribution is 2.32. The van der Waals surface area contributed by atoms with E-state index in [1.54, 1.807) is 6.07 Å². The van der Waals surface area contributed by atoms with Crippen LogP contribution < -0.4 is 14.8 Å². The summed E-state index contributed by atoms with van der Waals surface area (Å²) in [5, 5.41) is 2.70. The van der Waals surface area contributed by atoms with Crippen LogP contribution in [0.25, 0.3) is 0 Å². The zero-order chi connectivity index (χ0) is 15.7. The van der Waals surface area contributed by atoms with E-state index in [0.717, 1.165) is 25.7 Å². The number of benzene rings is 1. The van der Waals surface area contributed by atoms with E-state index in [4.69, 9.17) is 4.74 Å². The highest BCUT2D eigenvalue weighted by molar-refractivity contribution is 5.97. The number of hydrogen-bond donors (Lipinski definition) is 1. The van der Waals surface area contributed by atoms with Gasteiger partial charge < -0.3 is 14.8 Å². The summed E-state index contributed by atoms with van der Waals surface area (Å²) < 4.78 is 34.3. The summed E-state index contributed by atoms with van der Waals surface area (Å²) in [6, 6.07) is 4.46. The summed E-state index contributed by atoms with van der Waals surface area (Å²) in [4.78, 5) is 12.1. The first-order valence-electron chi connectivity index (χ1n) is 7.00. The molecule has 0 aliphatic carbocycles. The molecule has 0 aliphatic rings. The van der Waals surface area contributed by atoms with Crippen LogP contribution in [0.3, 0.4) is 0 Å². The van der Waals surface area contributed by atoms with Crippen LogP contribution in [-0.4, -0.2) is 26.2 Å². The molecule has 1 N–H and O–H groups in total. The summed E-state index contributed by atoms with van der Waals surface area (Å²) in [5.74, 6) is -0.573. The van der Waals surface area contributed by atoms with Gasteiger partial charge in [0.15, 0.2) is 11.5 Å². The number of nitrogens with one attached hydrogen (secondary N) is 1. The number of hydrogen-bond acceptors (Lipinski definition) is 3. The molecule has 0 heterocycles. The van der Waals surface area contributed by atoms with Gasteiger partial charge in [0.1, 0.15) is 0 Å². The lowest BCUT2D eigenvalue weighted by atomic mass is 10.1. The Kier molecular flexibility index (Phi) is 7.50. The molecule has 0 aliphatic heterocycles. The molecule has 0 saturated heterocycles. The molecular weight excluding hydrogens is 280 g/mol. The van der Waals surface area contributed by atoms with E-state index in [2.05, 4.69) is 17.0 Å². The van der Waals surface area contributed by atoms with E-state index >= 15 is 0 Å². The van der Waals surface area contributed by atoms with Gasteiger partial charge in [0.25, 0.3) is 5.91 Å². The number of alkyl halides is 2. The van der Waals surface area contributed by atoms with Crippen LogP contribution in [0.1, 0.15) is 43.0 Å². The number of halogens is 2. The van der Waals surface area contributed by atoms with Gasteiger partial charge in [-0.2, -0.15) is 8.78 Å². The molecule has 1 aromatic rings. The second-order valence-electron chi connectivity index (χ2n) is 4.53. The lowest BCUT2D eigenvalue weighted by Crippen LogP contribution is -2.25. The Bertz CT molecular complexity index is 453. The van der Waals surface area contributed by atoms with Crippen LogP contribution in [0.5, 0.6) is 11.5 Å². The van der Waals surface area contributed by atoms with Crippen LogP contribution in [0, 0.1) is 0 Å². The van der Waals surface area contributed by atoms with E-state index in [0.29, 0.717) is 6.54 Å². The van der Waals surface area contributed by atoms with Crippen LogP contribution in [0.15, 0.2) is 18.2 Å². The monoisotopic (exact) mass is 301 g/mol. The minimum atomic E-state index is -3.02. The van der Waals surface area contributed by atoms with Gasteiger partial charge in [-0.1, -0.05) is 32.3 Å². The third-order valence-electron chi connectivity index (χ3n) is 2.97. The maximum atomic E-state index is 12.5. The number of methoxy groups -OCH3 is 1.